The standard InChI is InChI=1S/C12H16O/c1-12(2,3)11-10-7-5-4-6-9(10)8-13-11/h4-8,10-11H,1-3H3. The second-order valence-electron chi connectivity index (χ2n) is 4.81. The molecule has 13 heavy (non-hydrogen) atoms. The van der Waals surface area contributed by atoms with E-state index in [1.54, 1.807) is 0 Å². The van der Waals surface area contributed by atoms with Crippen LogP contribution in [0.4, 0.5) is 0 Å². The van der Waals surface area contributed by atoms with E-state index in [1.165, 1.54) is 5.57 Å². The Bertz CT molecular complexity index is 289. The van der Waals surface area contributed by atoms with Gasteiger partial charge in [0.1, 0.15) is 6.10 Å². The first kappa shape index (κ1) is 8.61. The fourth-order valence-corrected chi connectivity index (χ4v) is 1.95. The molecule has 0 aromatic carbocycles. The van der Waals surface area contributed by atoms with Gasteiger partial charge in [-0.15, -0.1) is 0 Å². The van der Waals surface area contributed by atoms with E-state index in [0.29, 0.717) is 12.0 Å². The minimum Gasteiger partial charge on any atom is -0.496 e. The van der Waals surface area contributed by atoms with Crippen LogP contribution in [0.25, 0.3) is 0 Å². The number of rotatable bonds is 0. The van der Waals surface area contributed by atoms with Crippen molar-refractivity contribution in [3.05, 3.63) is 36.1 Å². The predicted molar refractivity (Wildman–Crippen MR) is 54.2 cm³/mol. The highest BCUT2D eigenvalue weighted by molar-refractivity contribution is 5.35. The first-order valence-corrected chi connectivity index (χ1v) is 4.79. The molecule has 1 aliphatic carbocycles. The minimum atomic E-state index is 0.207. The number of fused-ring (bicyclic) bond motifs is 1. The van der Waals surface area contributed by atoms with Gasteiger partial charge in [0, 0.05) is 5.92 Å². The second-order valence-corrected chi connectivity index (χ2v) is 4.81. The zero-order valence-electron chi connectivity index (χ0n) is 8.45. The first-order chi connectivity index (χ1) is 6.09. The molecule has 0 saturated heterocycles. The lowest BCUT2D eigenvalue weighted by molar-refractivity contribution is 0.0464. The lowest BCUT2D eigenvalue weighted by atomic mass is 9.78. The first-order valence-electron chi connectivity index (χ1n) is 4.79. The molecule has 0 bridgehead atoms. The summed E-state index contributed by atoms with van der Waals surface area (Å²) in [6, 6.07) is 0. The molecule has 2 atom stereocenters. The summed E-state index contributed by atoms with van der Waals surface area (Å²) in [4.78, 5) is 0. The van der Waals surface area contributed by atoms with Crippen LogP contribution in [0.5, 0.6) is 0 Å². The fourth-order valence-electron chi connectivity index (χ4n) is 1.95. The number of ether oxygens (including phenoxy) is 1. The fraction of sp³-hybridized carbons (Fsp3) is 0.500. The largest absolute Gasteiger partial charge is 0.496 e. The van der Waals surface area contributed by atoms with Crippen molar-refractivity contribution in [1.29, 1.82) is 0 Å². The van der Waals surface area contributed by atoms with Gasteiger partial charge in [-0.05, 0) is 11.0 Å². The van der Waals surface area contributed by atoms with Gasteiger partial charge in [-0.3, -0.25) is 0 Å². The number of allylic oxidation sites excluding steroid dienone is 3. The van der Waals surface area contributed by atoms with Crippen molar-refractivity contribution in [3.63, 3.8) is 0 Å². The summed E-state index contributed by atoms with van der Waals surface area (Å²) in [7, 11) is 0. The van der Waals surface area contributed by atoms with Gasteiger partial charge in [0.05, 0.1) is 6.26 Å². The van der Waals surface area contributed by atoms with Crippen LogP contribution < -0.4 is 0 Å². The molecule has 70 valence electrons. The summed E-state index contributed by atoms with van der Waals surface area (Å²) in [5.74, 6) is 0.463. The van der Waals surface area contributed by atoms with Gasteiger partial charge in [-0.25, -0.2) is 0 Å². The van der Waals surface area contributed by atoms with Crippen molar-refractivity contribution in [1.82, 2.24) is 0 Å². The van der Waals surface area contributed by atoms with Crippen LogP contribution in [-0.2, 0) is 4.74 Å². The molecular formula is C12H16O. The molecule has 0 aromatic rings. The number of hydrogen-bond acceptors (Lipinski definition) is 1. The van der Waals surface area contributed by atoms with Crippen molar-refractivity contribution in [2.75, 3.05) is 0 Å². The van der Waals surface area contributed by atoms with Crippen LogP contribution in [0, 0.1) is 11.3 Å². The van der Waals surface area contributed by atoms with Gasteiger partial charge in [-0.1, -0.05) is 45.1 Å². The molecule has 0 saturated carbocycles. The summed E-state index contributed by atoms with van der Waals surface area (Å²) in [6.45, 7) is 6.67. The van der Waals surface area contributed by atoms with Gasteiger partial charge >= 0.3 is 0 Å². The van der Waals surface area contributed by atoms with E-state index < -0.39 is 0 Å². The van der Waals surface area contributed by atoms with Crippen LogP contribution >= 0.6 is 0 Å². The molecule has 1 nitrogen and oxygen atoms in total. The maximum absolute atomic E-state index is 5.70. The SMILES string of the molecule is CC(C)(C)C1OC=C2C=CC=CC21. The average Bonchev–Trinajstić information content (AvgIpc) is 2.45. The smallest absolute Gasteiger partial charge is 0.113 e. The molecule has 0 amide bonds. The summed E-state index contributed by atoms with van der Waals surface area (Å²) >= 11 is 0. The molecular weight excluding hydrogens is 160 g/mol. The van der Waals surface area contributed by atoms with Crippen LogP contribution in [0.15, 0.2) is 36.1 Å². The van der Waals surface area contributed by atoms with E-state index in [4.69, 9.17) is 4.74 Å². The molecule has 1 heterocycles. The Morgan fingerprint density at radius 1 is 1.23 bits per heavy atom. The molecule has 2 aliphatic rings. The molecule has 1 heteroatoms. The van der Waals surface area contributed by atoms with Crippen LogP contribution in [0.1, 0.15) is 20.8 Å². The van der Waals surface area contributed by atoms with Crippen molar-refractivity contribution in [3.8, 4) is 0 Å². The molecule has 0 N–H and O–H groups in total. The Morgan fingerprint density at radius 3 is 2.69 bits per heavy atom. The van der Waals surface area contributed by atoms with Crippen molar-refractivity contribution >= 4 is 0 Å². The Hall–Kier alpha value is -0.980. The summed E-state index contributed by atoms with van der Waals surface area (Å²) in [5.41, 5.74) is 1.51. The summed E-state index contributed by atoms with van der Waals surface area (Å²) in [5, 5.41) is 0. The lowest BCUT2D eigenvalue weighted by Gasteiger charge is -2.31. The highest BCUT2D eigenvalue weighted by Crippen LogP contribution is 2.39. The third-order valence-corrected chi connectivity index (χ3v) is 2.63. The molecule has 0 aromatic heterocycles. The van der Waals surface area contributed by atoms with Crippen molar-refractivity contribution in [2.24, 2.45) is 11.3 Å². The van der Waals surface area contributed by atoms with Gasteiger partial charge in [0.2, 0.25) is 0 Å². The zero-order valence-corrected chi connectivity index (χ0v) is 8.45. The Labute approximate surface area is 79.8 Å². The van der Waals surface area contributed by atoms with Gasteiger partial charge < -0.3 is 4.74 Å². The molecule has 2 unspecified atom stereocenters. The van der Waals surface area contributed by atoms with Gasteiger partial charge in [0.25, 0.3) is 0 Å². The molecule has 1 aliphatic heterocycles. The monoisotopic (exact) mass is 176 g/mol. The molecule has 0 fully saturated rings. The Morgan fingerprint density at radius 2 is 2.00 bits per heavy atom. The lowest BCUT2D eigenvalue weighted by Crippen LogP contribution is -2.32. The minimum absolute atomic E-state index is 0.207. The topological polar surface area (TPSA) is 9.23 Å². The summed E-state index contributed by atoms with van der Waals surface area (Å²) < 4.78 is 5.70. The second kappa shape index (κ2) is 2.76. The maximum Gasteiger partial charge on any atom is 0.113 e. The Balaban J connectivity index is 2.23. The summed E-state index contributed by atoms with van der Waals surface area (Å²) in [6.07, 6.45) is 10.7. The number of hydrogen-bond donors (Lipinski definition) is 0. The van der Waals surface area contributed by atoms with Gasteiger partial charge in [-0.2, -0.15) is 0 Å². The van der Waals surface area contributed by atoms with E-state index in [9.17, 15) is 0 Å². The molecule has 2 rings (SSSR count). The van der Waals surface area contributed by atoms with E-state index >= 15 is 0 Å². The van der Waals surface area contributed by atoms with Crippen LogP contribution in [0.2, 0.25) is 0 Å². The average molecular weight is 176 g/mol. The van der Waals surface area contributed by atoms with Crippen LogP contribution in [0.3, 0.4) is 0 Å². The highest BCUT2D eigenvalue weighted by Gasteiger charge is 2.37. The molecule has 0 spiro atoms. The zero-order chi connectivity index (χ0) is 9.47. The predicted octanol–water partition coefficient (Wildman–Crippen LogP) is 3.06. The third kappa shape index (κ3) is 1.43. The van der Waals surface area contributed by atoms with E-state index in [0.717, 1.165) is 0 Å². The van der Waals surface area contributed by atoms with Crippen LogP contribution in [-0.4, -0.2) is 6.10 Å². The highest BCUT2D eigenvalue weighted by atomic mass is 16.5. The van der Waals surface area contributed by atoms with E-state index in [2.05, 4.69) is 45.1 Å². The van der Waals surface area contributed by atoms with E-state index in [1.807, 2.05) is 6.26 Å². The quantitative estimate of drug-likeness (QED) is 0.551. The van der Waals surface area contributed by atoms with Gasteiger partial charge in [0.15, 0.2) is 0 Å². The molecule has 0 radical (unpaired) electrons. The van der Waals surface area contributed by atoms with Crippen molar-refractivity contribution in [2.45, 2.75) is 26.9 Å². The maximum atomic E-state index is 5.70. The van der Waals surface area contributed by atoms with E-state index in [-0.39, 0.29) is 5.41 Å². The van der Waals surface area contributed by atoms with Crippen molar-refractivity contribution < 1.29 is 4.74 Å². The third-order valence-electron chi connectivity index (χ3n) is 2.63. The normalized spacial score (nSPS) is 31.2. The Kier molecular flexibility index (Phi) is 1.83.